The number of benzene rings is 1. The Morgan fingerprint density at radius 2 is 1.90 bits per heavy atom. The predicted octanol–water partition coefficient (Wildman–Crippen LogP) is 4.02. The molecule has 1 aliphatic carbocycles. The minimum atomic E-state index is -0.235. The van der Waals surface area contributed by atoms with E-state index >= 15 is 0 Å². The van der Waals surface area contributed by atoms with Crippen molar-refractivity contribution in [3.8, 4) is 0 Å². The van der Waals surface area contributed by atoms with Crippen LogP contribution in [-0.2, 0) is 0 Å². The van der Waals surface area contributed by atoms with Crippen LogP contribution in [0, 0.1) is 11.7 Å². The SMILES string of the molecule is CNc1cnn(C2CCC(N(CC3CCN(C)C3)c3ccc(F)cc3)CC2)c(=O)c1Cl. The molecule has 1 atom stereocenters. The van der Waals surface area contributed by atoms with Crippen LogP contribution in [0.1, 0.15) is 38.1 Å². The Kier molecular flexibility index (Phi) is 6.82. The first kappa shape index (κ1) is 22.1. The van der Waals surface area contributed by atoms with Crippen molar-refractivity contribution >= 4 is 23.0 Å². The Morgan fingerprint density at radius 1 is 1.19 bits per heavy atom. The standard InChI is InChI=1S/C23H31ClFN5O/c1-26-21-13-27-30(23(31)22(21)24)20-9-7-19(8-10-20)29(15-16-11-12-28(2)14-16)18-5-3-17(25)4-6-18/h3-6,13,16,19-20,26H,7-12,14-15H2,1-2H3. The Labute approximate surface area is 188 Å². The van der Waals surface area contributed by atoms with E-state index in [0.717, 1.165) is 51.0 Å². The highest BCUT2D eigenvalue weighted by Crippen LogP contribution is 2.34. The van der Waals surface area contributed by atoms with Gasteiger partial charge in [-0.3, -0.25) is 4.79 Å². The van der Waals surface area contributed by atoms with Gasteiger partial charge in [-0.05, 0) is 75.9 Å². The summed E-state index contributed by atoms with van der Waals surface area (Å²) in [4.78, 5) is 17.5. The van der Waals surface area contributed by atoms with Crippen LogP contribution in [0.3, 0.4) is 0 Å². The van der Waals surface area contributed by atoms with Gasteiger partial charge in [0.2, 0.25) is 0 Å². The quantitative estimate of drug-likeness (QED) is 0.724. The Balaban J connectivity index is 1.49. The molecule has 1 saturated carbocycles. The third-order valence-electron chi connectivity index (χ3n) is 6.77. The maximum Gasteiger partial charge on any atom is 0.287 e. The average molecular weight is 448 g/mol. The molecule has 0 spiro atoms. The van der Waals surface area contributed by atoms with Crippen LogP contribution in [0.25, 0.3) is 0 Å². The van der Waals surface area contributed by atoms with E-state index in [1.807, 2.05) is 12.1 Å². The second-order valence-electron chi connectivity index (χ2n) is 8.88. The van der Waals surface area contributed by atoms with Gasteiger partial charge in [-0.2, -0.15) is 5.10 Å². The highest BCUT2D eigenvalue weighted by molar-refractivity contribution is 6.32. The third kappa shape index (κ3) is 4.88. The molecule has 4 rings (SSSR count). The van der Waals surface area contributed by atoms with E-state index in [0.29, 0.717) is 17.6 Å². The third-order valence-corrected chi connectivity index (χ3v) is 7.13. The molecule has 1 aromatic carbocycles. The lowest BCUT2D eigenvalue weighted by Crippen LogP contribution is -2.43. The van der Waals surface area contributed by atoms with Crippen molar-refractivity contribution in [1.82, 2.24) is 14.7 Å². The topological polar surface area (TPSA) is 53.4 Å². The maximum atomic E-state index is 13.5. The van der Waals surface area contributed by atoms with Gasteiger partial charge in [-0.1, -0.05) is 11.6 Å². The fourth-order valence-corrected chi connectivity index (χ4v) is 5.27. The lowest BCUT2D eigenvalue weighted by molar-refractivity contribution is 0.282. The summed E-state index contributed by atoms with van der Waals surface area (Å²) < 4.78 is 15.1. The summed E-state index contributed by atoms with van der Waals surface area (Å²) >= 11 is 6.22. The number of anilines is 2. The van der Waals surface area contributed by atoms with E-state index in [1.54, 1.807) is 30.1 Å². The lowest BCUT2D eigenvalue weighted by Gasteiger charge is -2.40. The van der Waals surface area contributed by atoms with Gasteiger partial charge >= 0.3 is 0 Å². The molecule has 2 aliphatic rings. The number of hydrogen-bond donors (Lipinski definition) is 1. The molecule has 2 fully saturated rings. The summed E-state index contributed by atoms with van der Waals surface area (Å²) in [5, 5.41) is 7.45. The molecule has 1 N–H and O–H groups in total. The zero-order chi connectivity index (χ0) is 22.0. The molecule has 2 heterocycles. The van der Waals surface area contributed by atoms with Gasteiger partial charge < -0.3 is 15.1 Å². The molecular formula is C23H31ClFN5O. The summed E-state index contributed by atoms with van der Waals surface area (Å²) in [5.74, 6) is 0.408. The molecule has 31 heavy (non-hydrogen) atoms. The monoisotopic (exact) mass is 447 g/mol. The van der Waals surface area contributed by atoms with Gasteiger partial charge in [0.1, 0.15) is 10.8 Å². The van der Waals surface area contributed by atoms with Crippen LogP contribution in [-0.4, -0.2) is 54.5 Å². The van der Waals surface area contributed by atoms with Gasteiger partial charge in [0.05, 0.1) is 17.9 Å². The molecule has 1 aromatic heterocycles. The number of rotatable bonds is 6. The van der Waals surface area contributed by atoms with E-state index in [9.17, 15) is 9.18 Å². The molecule has 168 valence electrons. The van der Waals surface area contributed by atoms with Crippen LogP contribution in [0.4, 0.5) is 15.8 Å². The molecule has 1 aliphatic heterocycles. The molecule has 6 nitrogen and oxygen atoms in total. The Morgan fingerprint density at radius 3 is 2.52 bits per heavy atom. The van der Waals surface area contributed by atoms with Crippen LogP contribution >= 0.6 is 11.6 Å². The van der Waals surface area contributed by atoms with Gasteiger partial charge in [0.15, 0.2) is 0 Å². The summed E-state index contributed by atoms with van der Waals surface area (Å²) in [6, 6.07) is 7.30. The van der Waals surface area contributed by atoms with E-state index in [4.69, 9.17) is 11.6 Å². The highest BCUT2D eigenvalue weighted by Gasteiger charge is 2.31. The first-order valence-corrected chi connectivity index (χ1v) is 11.5. The number of halogens is 2. The summed E-state index contributed by atoms with van der Waals surface area (Å²) in [6.07, 6.45) is 6.48. The molecule has 8 heteroatoms. The molecule has 1 saturated heterocycles. The van der Waals surface area contributed by atoms with Crippen molar-refractivity contribution < 1.29 is 4.39 Å². The normalized spacial score (nSPS) is 24.3. The second-order valence-corrected chi connectivity index (χ2v) is 9.26. The average Bonchev–Trinajstić information content (AvgIpc) is 3.20. The molecule has 2 aromatic rings. The number of likely N-dealkylation sites (tertiary alicyclic amines) is 1. The van der Waals surface area contributed by atoms with E-state index in [-0.39, 0.29) is 22.4 Å². The lowest BCUT2D eigenvalue weighted by atomic mass is 9.89. The highest BCUT2D eigenvalue weighted by atomic mass is 35.5. The van der Waals surface area contributed by atoms with Crippen molar-refractivity contribution in [3.63, 3.8) is 0 Å². The summed E-state index contributed by atoms with van der Waals surface area (Å²) in [5.41, 5.74) is 1.40. The van der Waals surface area contributed by atoms with Crippen molar-refractivity contribution in [1.29, 1.82) is 0 Å². The van der Waals surface area contributed by atoms with Gasteiger partial charge in [-0.15, -0.1) is 0 Å². The largest absolute Gasteiger partial charge is 0.385 e. The zero-order valence-corrected chi connectivity index (χ0v) is 19.0. The number of aromatic nitrogens is 2. The minimum Gasteiger partial charge on any atom is -0.385 e. The maximum absolute atomic E-state index is 13.5. The van der Waals surface area contributed by atoms with Crippen molar-refractivity contribution in [2.45, 2.75) is 44.2 Å². The number of nitrogens with zero attached hydrogens (tertiary/aromatic N) is 4. The van der Waals surface area contributed by atoms with Crippen LogP contribution in [0.15, 0.2) is 35.3 Å². The molecule has 1 unspecified atom stereocenters. The number of hydrogen-bond acceptors (Lipinski definition) is 5. The zero-order valence-electron chi connectivity index (χ0n) is 18.2. The smallest absolute Gasteiger partial charge is 0.287 e. The Hall–Kier alpha value is -2.12. The second kappa shape index (κ2) is 9.57. The predicted molar refractivity (Wildman–Crippen MR) is 124 cm³/mol. The van der Waals surface area contributed by atoms with Gasteiger partial charge in [0.25, 0.3) is 5.56 Å². The van der Waals surface area contributed by atoms with Crippen molar-refractivity contribution in [2.24, 2.45) is 5.92 Å². The van der Waals surface area contributed by atoms with E-state index in [1.165, 1.54) is 6.42 Å². The van der Waals surface area contributed by atoms with E-state index < -0.39 is 0 Å². The molecule has 0 radical (unpaired) electrons. The first-order valence-electron chi connectivity index (χ1n) is 11.1. The fourth-order valence-electron chi connectivity index (χ4n) is 5.05. The molecular weight excluding hydrogens is 417 g/mol. The van der Waals surface area contributed by atoms with E-state index in [2.05, 4.69) is 27.3 Å². The molecule has 0 bridgehead atoms. The van der Waals surface area contributed by atoms with Crippen molar-refractivity contribution in [2.75, 3.05) is 43.9 Å². The van der Waals surface area contributed by atoms with Crippen LogP contribution in [0.2, 0.25) is 5.02 Å². The number of nitrogens with one attached hydrogen (secondary N) is 1. The fraction of sp³-hybridized carbons (Fsp3) is 0.565. The van der Waals surface area contributed by atoms with Gasteiger partial charge in [-0.25, -0.2) is 9.07 Å². The van der Waals surface area contributed by atoms with Crippen LogP contribution in [0.5, 0.6) is 0 Å². The van der Waals surface area contributed by atoms with Gasteiger partial charge in [0, 0.05) is 31.9 Å². The summed E-state index contributed by atoms with van der Waals surface area (Å²) in [6.45, 7) is 3.21. The Bertz CT molecular complexity index is 942. The minimum absolute atomic E-state index is 0.0554. The molecule has 0 amide bonds. The summed E-state index contributed by atoms with van der Waals surface area (Å²) in [7, 11) is 3.90. The van der Waals surface area contributed by atoms with Crippen LogP contribution < -0.4 is 15.8 Å². The van der Waals surface area contributed by atoms with Crippen molar-refractivity contribution in [3.05, 3.63) is 51.7 Å². The first-order chi connectivity index (χ1) is 15.0.